The molecule has 2 rings (SSSR count). The molecule has 4 heteroatoms. The number of aliphatic hydroxyl groups is 1. The highest BCUT2D eigenvalue weighted by atomic mass is 32.1. The molecule has 13 heavy (non-hydrogen) atoms. The summed E-state index contributed by atoms with van der Waals surface area (Å²) < 4.78 is 0. The van der Waals surface area contributed by atoms with Crippen LogP contribution < -0.4 is 4.90 Å². The molecule has 0 bridgehead atoms. The molecule has 3 nitrogen and oxygen atoms in total. The second-order valence-corrected chi connectivity index (χ2v) is 4.47. The Labute approximate surface area is 82.0 Å². The van der Waals surface area contributed by atoms with Crippen LogP contribution in [0.3, 0.4) is 0 Å². The normalized spacial score (nSPS) is 18.5. The highest BCUT2D eigenvalue weighted by molar-refractivity contribution is 7.15. The van der Waals surface area contributed by atoms with Gasteiger partial charge in [-0.1, -0.05) is 11.3 Å². The monoisotopic (exact) mass is 198 g/mol. The first-order chi connectivity index (χ1) is 6.18. The van der Waals surface area contributed by atoms with Gasteiger partial charge in [-0.2, -0.15) is 0 Å². The highest BCUT2D eigenvalue weighted by Crippen LogP contribution is 2.32. The molecule has 1 atom stereocenters. The molecule has 1 aromatic rings. The van der Waals surface area contributed by atoms with Crippen LogP contribution in [-0.2, 0) is 0 Å². The van der Waals surface area contributed by atoms with Crippen LogP contribution in [0, 0.1) is 6.92 Å². The maximum Gasteiger partial charge on any atom is 0.185 e. The summed E-state index contributed by atoms with van der Waals surface area (Å²) in [5.41, 5.74) is 0.974. The van der Waals surface area contributed by atoms with Crippen molar-refractivity contribution in [2.45, 2.75) is 26.4 Å². The molecule has 1 saturated heterocycles. The molecule has 0 saturated carbocycles. The molecule has 72 valence electrons. The predicted octanol–water partition coefficient (Wildman–Crippen LogP) is 1.71. The van der Waals surface area contributed by atoms with E-state index in [4.69, 9.17) is 0 Å². The van der Waals surface area contributed by atoms with E-state index in [-0.39, 0.29) is 6.10 Å². The maximum absolute atomic E-state index is 9.44. The first kappa shape index (κ1) is 8.97. The lowest BCUT2D eigenvalue weighted by Gasteiger charge is -2.30. The number of hydrogen-bond donors (Lipinski definition) is 1. The molecule has 1 N–H and O–H groups in total. The smallest absolute Gasteiger partial charge is 0.185 e. The zero-order valence-corrected chi connectivity index (χ0v) is 8.77. The molecule has 0 amide bonds. The van der Waals surface area contributed by atoms with Crippen molar-refractivity contribution in [2.24, 2.45) is 0 Å². The van der Waals surface area contributed by atoms with Crippen molar-refractivity contribution in [3.63, 3.8) is 0 Å². The Bertz CT molecular complexity index is 305. The van der Waals surface area contributed by atoms with Gasteiger partial charge in [0.15, 0.2) is 5.13 Å². The van der Waals surface area contributed by atoms with Crippen molar-refractivity contribution in [3.05, 3.63) is 10.6 Å². The Hall–Kier alpha value is -0.610. The zero-order valence-electron chi connectivity index (χ0n) is 7.95. The third kappa shape index (κ3) is 1.56. The van der Waals surface area contributed by atoms with Crippen LogP contribution in [0.5, 0.6) is 0 Å². The van der Waals surface area contributed by atoms with Crippen molar-refractivity contribution in [2.75, 3.05) is 18.0 Å². The van der Waals surface area contributed by atoms with Gasteiger partial charge < -0.3 is 10.0 Å². The molecule has 1 aromatic heterocycles. The average Bonchev–Trinajstić information content (AvgIpc) is 2.27. The van der Waals surface area contributed by atoms with Gasteiger partial charge in [-0.15, -0.1) is 0 Å². The number of thiazole rings is 1. The summed E-state index contributed by atoms with van der Waals surface area (Å²) in [7, 11) is 0. The van der Waals surface area contributed by atoms with E-state index in [0.29, 0.717) is 0 Å². The standard InChI is InChI=1S/C9H14N2OS/c1-6-8(7(2)12)13-9(10-6)11-4-3-5-11/h7,12H,3-5H2,1-2H3. The van der Waals surface area contributed by atoms with Gasteiger partial charge in [0.05, 0.1) is 16.7 Å². The van der Waals surface area contributed by atoms with Crippen LogP contribution in [0.4, 0.5) is 5.13 Å². The van der Waals surface area contributed by atoms with Crippen LogP contribution in [0.25, 0.3) is 0 Å². The number of aryl methyl sites for hydroxylation is 1. The minimum atomic E-state index is -0.382. The van der Waals surface area contributed by atoms with Crippen LogP contribution in [-0.4, -0.2) is 23.2 Å². The van der Waals surface area contributed by atoms with Gasteiger partial charge in [0.2, 0.25) is 0 Å². The lowest BCUT2D eigenvalue weighted by molar-refractivity contribution is 0.202. The number of anilines is 1. The molecule has 1 aliphatic rings. The van der Waals surface area contributed by atoms with E-state index in [1.807, 2.05) is 6.92 Å². The lowest BCUT2D eigenvalue weighted by Crippen LogP contribution is -2.36. The SMILES string of the molecule is Cc1nc(N2CCC2)sc1C(C)O. The summed E-state index contributed by atoms with van der Waals surface area (Å²) in [6.07, 6.45) is 0.885. The first-order valence-electron chi connectivity index (χ1n) is 4.59. The van der Waals surface area contributed by atoms with E-state index < -0.39 is 0 Å². The minimum Gasteiger partial charge on any atom is -0.388 e. The van der Waals surface area contributed by atoms with Crippen LogP contribution >= 0.6 is 11.3 Å². The van der Waals surface area contributed by atoms with Gasteiger partial charge in [0.25, 0.3) is 0 Å². The van der Waals surface area contributed by atoms with Crippen LogP contribution in [0.2, 0.25) is 0 Å². The van der Waals surface area contributed by atoms with E-state index in [2.05, 4.69) is 9.88 Å². The van der Waals surface area contributed by atoms with Crippen molar-refractivity contribution >= 4 is 16.5 Å². The van der Waals surface area contributed by atoms with Gasteiger partial charge in [-0.3, -0.25) is 0 Å². The molecule has 0 radical (unpaired) electrons. The largest absolute Gasteiger partial charge is 0.388 e. The van der Waals surface area contributed by atoms with E-state index >= 15 is 0 Å². The summed E-state index contributed by atoms with van der Waals surface area (Å²) in [6, 6.07) is 0. The summed E-state index contributed by atoms with van der Waals surface area (Å²) >= 11 is 1.62. The quantitative estimate of drug-likeness (QED) is 0.786. The fourth-order valence-electron chi connectivity index (χ4n) is 1.42. The summed E-state index contributed by atoms with van der Waals surface area (Å²) in [5, 5.41) is 10.5. The number of hydrogen-bond acceptors (Lipinski definition) is 4. The molecule has 1 unspecified atom stereocenters. The Morgan fingerprint density at radius 3 is 2.62 bits per heavy atom. The molecule has 0 spiro atoms. The predicted molar refractivity (Wildman–Crippen MR) is 54.3 cm³/mol. The van der Waals surface area contributed by atoms with Gasteiger partial charge in [-0.05, 0) is 20.3 Å². The number of aromatic nitrogens is 1. The van der Waals surface area contributed by atoms with E-state index in [0.717, 1.165) is 28.8 Å². The fourth-order valence-corrected chi connectivity index (χ4v) is 2.48. The number of aliphatic hydroxyl groups excluding tert-OH is 1. The Morgan fingerprint density at radius 1 is 1.54 bits per heavy atom. The molecule has 1 aliphatic heterocycles. The number of rotatable bonds is 2. The summed E-state index contributed by atoms with van der Waals surface area (Å²) in [4.78, 5) is 7.69. The van der Waals surface area contributed by atoms with Gasteiger partial charge in [0, 0.05) is 13.1 Å². The topological polar surface area (TPSA) is 36.4 Å². The third-order valence-electron chi connectivity index (χ3n) is 2.33. The van der Waals surface area contributed by atoms with Crippen molar-refractivity contribution in [1.82, 2.24) is 4.98 Å². The molecular weight excluding hydrogens is 184 g/mol. The summed E-state index contributed by atoms with van der Waals surface area (Å²) in [5.74, 6) is 0. The van der Waals surface area contributed by atoms with Crippen LogP contribution in [0.15, 0.2) is 0 Å². The Kier molecular flexibility index (Phi) is 2.26. The second kappa shape index (κ2) is 3.27. The molecule has 2 heterocycles. The van der Waals surface area contributed by atoms with E-state index in [1.54, 1.807) is 18.3 Å². The van der Waals surface area contributed by atoms with Gasteiger partial charge in [-0.25, -0.2) is 4.98 Å². The van der Waals surface area contributed by atoms with Crippen molar-refractivity contribution in [3.8, 4) is 0 Å². The van der Waals surface area contributed by atoms with E-state index in [1.165, 1.54) is 6.42 Å². The molecule has 0 aliphatic carbocycles. The fraction of sp³-hybridized carbons (Fsp3) is 0.667. The zero-order chi connectivity index (χ0) is 9.42. The van der Waals surface area contributed by atoms with Crippen molar-refractivity contribution < 1.29 is 5.11 Å². The second-order valence-electron chi connectivity index (χ2n) is 3.46. The lowest BCUT2D eigenvalue weighted by atomic mass is 10.2. The number of nitrogens with zero attached hydrogens (tertiary/aromatic N) is 2. The molecule has 1 fully saturated rings. The maximum atomic E-state index is 9.44. The first-order valence-corrected chi connectivity index (χ1v) is 5.40. The van der Waals surface area contributed by atoms with Gasteiger partial charge in [0.1, 0.15) is 0 Å². The van der Waals surface area contributed by atoms with Crippen LogP contribution in [0.1, 0.15) is 30.0 Å². The minimum absolute atomic E-state index is 0.382. The highest BCUT2D eigenvalue weighted by Gasteiger charge is 2.20. The van der Waals surface area contributed by atoms with Crippen molar-refractivity contribution in [1.29, 1.82) is 0 Å². The molecular formula is C9H14N2OS. The van der Waals surface area contributed by atoms with Gasteiger partial charge >= 0.3 is 0 Å². The molecule has 0 aromatic carbocycles. The average molecular weight is 198 g/mol. The summed E-state index contributed by atoms with van der Waals surface area (Å²) in [6.45, 7) is 5.99. The Balaban J connectivity index is 2.23. The third-order valence-corrected chi connectivity index (χ3v) is 3.72. The van der Waals surface area contributed by atoms with E-state index in [9.17, 15) is 5.11 Å². The Morgan fingerprint density at radius 2 is 2.23 bits per heavy atom.